The molecule has 2 rings (SSSR count). The lowest BCUT2D eigenvalue weighted by Gasteiger charge is -1.96. The summed E-state index contributed by atoms with van der Waals surface area (Å²) in [5, 5.41) is 0. The molecule has 3 nitrogen and oxygen atoms in total. The lowest BCUT2D eigenvalue weighted by atomic mass is 10.3. The molecule has 0 aliphatic carbocycles. The van der Waals surface area contributed by atoms with E-state index in [1.54, 1.807) is 0 Å². The normalized spacial score (nSPS) is 10.5. The molecule has 1 aromatic carbocycles. The summed E-state index contributed by atoms with van der Waals surface area (Å²) in [7, 11) is 0. The number of para-hydroxylation sites is 1. The Bertz CT molecular complexity index is 361. The Labute approximate surface area is 76.8 Å². The topological polar surface area (TPSA) is 37.9 Å². The smallest absolute Gasteiger partial charge is 0.294 e. The summed E-state index contributed by atoms with van der Waals surface area (Å²) in [5.74, 6) is 0. The van der Waals surface area contributed by atoms with Gasteiger partial charge in [-0.05, 0) is 12.5 Å². The largest absolute Gasteiger partial charge is 0.465 e. The standard InChI is InChI=1S/C10H11N2O/c1-2-7-13-10-11-8-5-3-4-6-9(8)12-10/h3-5H,2,7H2,1H3,(H,11,12). The summed E-state index contributed by atoms with van der Waals surface area (Å²) >= 11 is 0. The number of imidazole rings is 1. The number of hydrogen-bond donors (Lipinski definition) is 1. The molecule has 1 N–H and O–H groups in total. The number of aromatic amines is 1. The minimum Gasteiger partial charge on any atom is -0.465 e. The van der Waals surface area contributed by atoms with Crippen LogP contribution in [0, 0.1) is 6.07 Å². The molecular weight excluding hydrogens is 164 g/mol. The highest BCUT2D eigenvalue weighted by Gasteiger charge is 2.01. The third kappa shape index (κ3) is 1.64. The van der Waals surface area contributed by atoms with Crippen molar-refractivity contribution in [2.75, 3.05) is 6.61 Å². The van der Waals surface area contributed by atoms with Gasteiger partial charge in [-0.25, -0.2) is 0 Å². The van der Waals surface area contributed by atoms with Crippen LogP contribution in [0.25, 0.3) is 11.0 Å². The molecule has 13 heavy (non-hydrogen) atoms. The van der Waals surface area contributed by atoms with E-state index >= 15 is 0 Å². The number of hydrogen-bond acceptors (Lipinski definition) is 2. The number of fused-ring (bicyclic) bond motifs is 1. The molecule has 0 atom stereocenters. The number of aromatic nitrogens is 2. The first-order valence-corrected chi connectivity index (χ1v) is 4.39. The lowest BCUT2D eigenvalue weighted by Crippen LogP contribution is -1.95. The molecule has 0 aliphatic heterocycles. The first kappa shape index (κ1) is 8.10. The van der Waals surface area contributed by atoms with Gasteiger partial charge in [-0.15, -0.1) is 0 Å². The van der Waals surface area contributed by atoms with E-state index in [0.717, 1.165) is 17.5 Å². The zero-order valence-electron chi connectivity index (χ0n) is 7.50. The molecule has 3 heteroatoms. The van der Waals surface area contributed by atoms with Crippen molar-refractivity contribution in [3.8, 4) is 6.01 Å². The summed E-state index contributed by atoms with van der Waals surface area (Å²) in [6.45, 7) is 2.76. The van der Waals surface area contributed by atoms with Gasteiger partial charge in [0.05, 0.1) is 12.1 Å². The van der Waals surface area contributed by atoms with Gasteiger partial charge < -0.3 is 9.72 Å². The van der Waals surface area contributed by atoms with Crippen molar-refractivity contribution >= 4 is 11.0 Å². The number of rotatable bonds is 3. The third-order valence-corrected chi connectivity index (χ3v) is 1.73. The number of ether oxygens (including phenoxy) is 1. The minimum atomic E-state index is 0.583. The van der Waals surface area contributed by atoms with Gasteiger partial charge in [0.15, 0.2) is 0 Å². The quantitative estimate of drug-likeness (QED) is 0.776. The second-order valence-corrected chi connectivity index (χ2v) is 2.82. The molecular formula is C10H11N2O. The molecule has 1 aromatic heterocycles. The van der Waals surface area contributed by atoms with Gasteiger partial charge in [0.25, 0.3) is 6.01 Å². The Morgan fingerprint density at radius 3 is 3.31 bits per heavy atom. The zero-order chi connectivity index (χ0) is 9.10. The van der Waals surface area contributed by atoms with Crippen molar-refractivity contribution in [3.05, 3.63) is 24.3 Å². The van der Waals surface area contributed by atoms with E-state index in [0.29, 0.717) is 12.6 Å². The van der Waals surface area contributed by atoms with Crippen LogP contribution in [-0.4, -0.2) is 16.6 Å². The summed E-state index contributed by atoms with van der Waals surface area (Å²) < 4.78 is 5.35. The molecule has 0 spiro atoms. The number of nitrogens with one attached hydrogen (secondary N) is 1. The van der Waals surface area contributed by atoms with E-state index in [9.17, 15) is 0 Å². The van der Waals surface area contributed by atoms with Crippen molar-refractivity contribution in [1.29, 1.82) is 0 Å². The first-order valence-electron chi connectivity index (χ1n) is 4.39. The van der Waals surface area contributed by atoms with Crippen molar-refractivity contribution in [3.63, 3.8) is 0 Å². The SMILES string of the molecule is CCCOc1nc2[c]cccc2[nH]1. The fourth-order valence-electron chi connectivity index (χ4n) is 1.13. The first-order chi connectivity index (χ1) is 6.40. The second-order valence-electron chi connectivity index (χ2n) is 2.82. The number of benzene rings is 1. The number of H-pyrrole nitrogens is 1. The maximum absolute atomic E-state index is 5.35. The maximum atomic E-state index is 5.35. The van der Waals surface area contributed by atoms with E-state index in [-0.39, 0.29) is 0 Å². The maximum Gasteiger partial charge on any atom is 0.294 e. The van der Waals surface area contributed by atoms with Crippen LogP contribution in [0.15, 0.2) is 18.2 Å². The number of nitrogens with zero attached hydrogens (tertiary/aromatic N) is 1. The van der Waals surface area contributed by atoms with Gasteiger partial charge in [-0.1, -0.05) is 19.1 Å². The van der Waals surface area contributed by atoms with Crippen LogP contribution in [0.5, 0.6) is 6.01 Å². The van der Waals surface area contributed by atoms with Crippen LogP contribution in [0.3, 0.4) is 0 Å². The predicted octanol–water partition coefficient (Wildman–Crippen LogP) is 2.15. The van der Waals surface area contributed by atoms with Crippen LogP contribution in [0.2, 0.25) is 0 Å². The lowest BCUT2D eigenvalue weighted by molar-refractivity contribution is 0.296. The summed E-state index contributed by atoms with van der Waals surface area (Å²) in [6, 6.07) is 9.32. The molecule has 2 aromatic rings. The van der Waals surface area contributed by atoms with Crippen molar-refractivity contribution in [1.82, 2.24) is 9.97 Å². The Morgan fingerprint density at radius 2 is 2.54 bits per heavy atom. The highest BCUT2D eigenvalue weighted by Crippen LogP contribution is 2.14. The third-order valence-electron chi connectivity index (χ3n) is 1.73. The van der Waals surface area contributed by atoms with Crippen molar-refractivity contribution in [2.24, 2.45) is 0 Å². The minimum absolute atomic E-state index is 0.583. The van der Waals surface area contributed by atoms with E-state index < -0.39 is 0 Å². The molecule has 1 radical (unpaired) electrons. The van der Waals surface area contributed by atoms with E-state index in [4.69, 9.17) is 4.74 Å². The molecule has 0 aliphatic rings. The fourth-order valence-corrected chi connectivity index (χ4v) is 1.13. The van der Waals surface area contributed by atoms with Crippen LogP contribution in [0.1, 0.15) is 13.3 Å². The molecule has 0 amide bonds. The summed E-state index contributed by atoms with van der Waals surface area (Å²) in [6.07, 6.45) is 0.987. The van der Waals surface area contributed by atoms with Gasteiger partial charge in [0.1, 0.15) is 5.52 Å². The van der Waals surface area contributed by atoms with E-state index in [1.165, 1.54) is 0 Å². The highest BCUT2D eigenvalue weighted by molar-refractivity contribution is 5.74. The fraction of sp³-hybridized carbons (Fsp3) is 0.300. The van der Waals surface area contributed by atoms with Crippen LogP contribution in [0.4, 0.5) is 0 Å². The molecule has 0 bridgehead atoms. The monoisotopic (exact) mass is 175 g/mol. The van der Waals surface area contributed by atoms with Gasteiger partial charge in [0.2, 0.25) is 0 Å². The summed E-state index contributed by atoms with van der Waals surface area (Å²) in [5.41, 5.74) is 1.79. The Morgan fingerprint density at radius 1 is 1.62 bits per heavy atom. The van der Waals surface area contributed by atoms with Gasteiger partial charge in [-0.2, -0.15) is 4.98 Å². The van der Waals surface area contributed by atoms with Crippen molar-refractivity contribution < 1.29 is 4.74 Å². The highest BCUT2D eigenvalue weighted by atomic mass is 16.5. The van der Waals surface area contributed by atoms with Crippen LogP contribution in [-0.2, 0) is 0 Å². The molecule has 1 heterocycles. The Kier molecular flexibility index (Phi) is 2.17. The molecule has 0 fully saturated rings. The Balaban J connectivity index is 2.28. The summed E-state index contributed by atoms with van der Waals surface area (Å²) in [4.78, 5) is 7.28. The van der Waals surface area contributed by atoms with E-state index in [2.05, 4.69) is 23.0 Å². The van der Waals surface area contributed by atoms with Crippen molar-refractivity contribution in [2.45, 2.75) is 13.3 Å². The molecule has 0 unspecified atom stereocenters. The molecule has 0 saturated carbocycles. The average molecular weight is 175 g/mol. The predicted molar refractivity (Wildman–Crippen MR) is 50.7 cm³/mol. The van der Waals surface area contributed by atoms with Gasteiger partial charge in [-0.3, -0.25) is 0 Å². The Hall–Kier alpha value is -1.51. The van der Waals surface area contributed by atoms with E-state index in [1.807, 2.05) is 18.2 Å². The zero-order valence-corrected chi connectivity index (χ0v) is 7.50. The molecule has 0 saturated heterocycles. The average Bonchev–Trinajstić information content (AvgIpc) is 2.57. The molecule has 67 valence electrons. The van der Waals surface area contributed by atoms with Gasteiger partial charge >= 0.3 is 0 Å². The van der Waals surface area contributed by atoms with Crippen LogP contribution < -0.4 is 4.74 Å². The second kappa shape index (κ2) is 3.47. The van der Waals surface area contributed by atoms with Crippen LogP contribution >= 0.6 is 0 Å². The van der Waals surface area contributed by atoms with Gasteiger partial charge in [0, 0.05) is 6.07 Å².